The molecule has 1 aromatic carbocycles. The molecular weight excluding hydrogens is 286 g/mol. The minimum atomic E-state index is -0.983. The summed E-state index contributed by atoms with van der Waals surface area (Å²) in [5, 5.41) is 22.0. The highest BCUT2D eigenvalue weighted by Crippen LogP contribution is 2.14. The summed E-state index contributed by atoms with van der Waals surface area (Å²) in [6.07, 6.45) is -1.02. The maximum absolute atomic E-state index is 11.9. The van der Waals surface area contributed by atoms with Gasteiger partial charge < -0.3 is 25.0 Å². The number of hydrogen-bond donors (Lipinski definition) is 3. The monoisotopic (exact) mass is 309 g/mol. The second kappa shape index (κ2) is 8.12. The molecule has 1 aliphatic heterocycles. The first-order chi connectivity index (χ1) is 10.6. The van der Waals surface area contributed by atoms with Gasteiger partial charge in [-0.15, -0.1) is 0 Å². The van der Waals surface area contributed by atoms with Gasteiger partial charge in [-0.3, -0.25) is 4.79 Å². The summed E-state index contributed by atoms with van der Waals surface area (Å²) in [7, 11) is 0. The number of amides is 1. The maximum Gasteiger partial charge on any atom is 0.220 e. The van der Waals surface area contributed by atoms with Crippen LogP contribution in [0.15, 0.2) is 24.3 Å². The third kappa shape index (κ3) is 4.69. The van der Waals surface area contributed by atoms with Gasteiger partial charge in [-0.2, -0.15) is 0 Å². The number of ether oxygens (including phenoxy) is 2. The summed E-state index contributed by atoms with van der Waals surface area (Å²) >= 11 is 0. The smallest absolute Gasteiger partial charge is 0.220 e. The zero-order valence-corrected chi connectivity index (χ0v) is 12.7. The minimum absolute atomic E-state index is 0.0969. The van der Waals surface area contributed by atoms with Crippen LogP contribution < -0.4 is 10.1 Å². The molecule has 3 atom stereocenters. The van der Waals surface area contributed by atoms with Gasteiger partial charge in [0.05, 0.1) is 25.9 Å². The average molecular weight is 309 g/mol. The van der Waals surface area contributed by atoms with Gasteiger partial charge in [-0.1, -0.05) is 12.1 Å². The summed E-state index contributed by atoms with van der Waals surface area (Å²) in [6, 6.07) is 7.07. The Hall–Kier alpha value is -1.63. The van der Waals surface area contributed by atoms with Crippen LogP contribution in [0, 0.1) is 0 Å². The van der Waals surface area contributed by atoms with Gasteiger partial charge in [0.2, 0.25) is 5.91 Å². The van der Waals surface area contributed by atoms with Crippen molar-refractivity contribution in [2.75, 3.05) is 19.8 Å². The Morgan fingerprint density at radius 2 is 2.05 bits per heavy atom. The van der Waals surface area contributed by atoms with Crippen molar-refractivity contribution in [2.45, 2.75) is 38.0 Å². The van der Waals surface area contributed by atoms with Gasteiger partial charge in [0, 0.05) is 6.42 Å². The molecule has 0 aromatic heterocycles. The zero-order chi connectivity index (χ0) is 15.9. The van der Waals surface area contributed by atoms with Crippen molar-refractivity contribution in [3.63, 3.8) is 0 Å². The standard InChI is InChI=1S/C16H23NO5/c1-2-22-12-6-3-11(4-7-12)5-8-15(19)17-13-9-21-10-14(18)16(13)20/h3-4,6-7,13-14,16,18,20H,2,5,8-10H2,1H3,(H,17,19)/t13-,14-,16+/m1/s1. The molecule has 122 valence electrons. The molecule has 0 aliphatic carbocycles. The molecule has 0 unspecified atom stereocenters. The van der Waals surface area contributed by atoms with Gasteiger partial charge in [-0.05, 0) is 31.0 Å². The highest BCUT2D eigenvalue weighted by molar-refractivity contribution is 5.76. The molecule has 1 aliphatic rings. The van der Waals surface area contributed by atoms with Crippen LogP contribution in [0.4, 0.5) is 0 Å². The summed E-state index contributed by atoms with van der Waals surface area (Å²) in [6.45, 7) is 2.87. The largest absolute Gasteiger partial charge is 0.494 e. The molecular formula is C16H23NO5. The van der Waals surface area contributed by atoms with E-state index in [4.69, 9.17) is 9.47 Å². The molecule has 6 nitrogen and oxygen atoms in total. The van der Waals surface area contributed by atoms with E-state index in [0.29, 0.717) is 19.4 Å². The third-order valence-corrected chi connectivity index (χ3v) is 3.61. The molecule has 0 bridgehead atoms. The van der Waals surface area contributed by atoms with Gasteiger partial charge in [0.15, 0.2) is 0 Å². The van der Waals surface area contributed by atoms with E-state index >= 15 is 0 Å². The van der Waals surface area contributed by atoms with Gasteiger partial charge in [-0.25, -0.2) is 0 Å². The predicted molar refractivity (Wildman–Crippen MR) is 80.7 cm³/mol. The SMILES string of the molecule is CCOc1ccc(CCC(=O)N[C@@H]2COC[C@@H](O)[C@H]2O)cc1. The first-order valence-corrected chi connectivity index (χ1v) is 7.55. The van der Waals surface area contributed by atoms with Crippen molar-refractivity contribution in [3.05, 3.63) is 29.8 Å². The van der Waals surface area contributed by atoms with E-state index in [1.807, 2.05) is 31.2 Å². The van der Waals surface area contributed by atoms with Crippen LogP contribution in [-0.2, 0) is 16.0 Å². The molecule has 1 aromatic rings. The minimum Gasteiger partial charge on any atom is -0.494 e. The van der Waals surface area contributed by atoms with E-state index in [0.717, 1.165) is 11.3 Å². The van der Waals surface area contributed by atoms with Crippen LogP contribution >= 0.6 is 0 Å². The van der Waals surface area contributed by atoms with Crippen molar-refractivity contribution in [1.29, 1.82) is 0 Å². The van der Waals surface area contributed by atoms with Crippen molar-refractivity contribution >= 4 is 5.91 Å². The van der Waals surface area contributed by atoms with Crippen LogP contribution in [0.25, 0.3) is 0 Å². The molecule has 0 spiro atoms. The fourth-order valence-corrected chi connectivity index (χ4v) is 2.36. The average Bonchev–Trinajstić information content (AvgIpc) is 2.51. The number of benzene rings is 1. The lowest BCUT2D eigenvalue weighted by Crippen LogP contribution is -2.55. The first-order valence-electron chi connectivity index (χ1n) is 7.55. The molecule has 0 saturated carbocycles. The molecule has 1 amide bonds. The second-order valence-electron chi connectivity index (χ2n) is 5.35. The number of hydrogen-bond acceptors (Lipinski definition) is 5. The molecule has 22 heavy (non-hydrogen) atoms. The summed E-state index contributed by atoms with van der Waals surface area (Å²) in [5.41, 5.74) is 1.04. The lowest BCUT2D eigenvalue weighted by molar-refractivity contribution is -0.131. The topological polar surface area (TPSA) is 88.0 Å². The molecule has 1 fully saturated rings. The van der Waals surface area contributed by atoms with E-state index in [2.05, 4.69) is 5.32 Å². The van der Waals surface area contributed by atoms with Gasteiger partial charge in [0.25, 0.3) is 0 Å². The molecule has 3 N–H and O–H groups in total. The number of nitrogens with one attached hydrogen (secondary N) is 1. The number of aliphatic hydroxyl groups excluding tert-OH is 2. The summed E-state index contributed by atoms with van der Waals surface area (Å²) < 4.78 is 10.5. The lowest BCUT2D eigenvalue weighted by atomic mass is 10.0. The van der Waals surface area contributed by atoms with E-state index in [9.17, 15) is 15.0 Å². The normalized spacial score (nSPS) is 24.8. The summed E-state index contributed by atoms with van der Waals surface area (Å²) in [5.74, 6) is 0.641. The number of rotatable bonds is 6. The number of aliphatic hydroxyl groups is 2. The number of aryl methyl sites for hydroxylation is 1. The van der Waals surface area contributed by atoms with Gasteiger partial charge >= 0.3 is 0 Å². The Morgan fingerprint density at radius 1 is 1.32 bits per heavy atom. The lowest BCUT2D eigenvalue weighted by Gasteiger charge is -2.32. The van der Waals surface area contributed by atoms with Crippen LogP contribution in [0.2, 0.25) is 0 Å². The van der Waals surface area contributed by atoms with Gasteiger partial charge in [0.1, 0.15) is 18.0 Å². The van der Waals surface area contributed by atoms with Crippen LogP contribution in [0.1, 0.15) is 18.9 Å². The van der Waals surface area contributed by atoms with Crippen molar-refractivity contribution in [3.8, 4) is 5.75 Å². The molecule has 0 radical (unpaired) electrons. The fraction of sp³-hybridized carbons (Fsp3) is 0.562. The Kier molecular flexibility index (Phi) is 6.18. The number of carbonyl (C=O) groups excluding carboxylic acids is 1. The van der Waals surface area contributed by atoms with E-state index < -0.39 is 18.2 Å². The van der Waals surface area contributed by atoms with Crippen LogP contribution in [-0.4, -0.2) is 54.2 Å². The van der Waals surface area contributed by atoms with E-state index in [1.54, 1.807) is 0 Å². The van der Waals surface area contributed by atoms with E-state index in [1.165, 1.54) is 0 Å². The molecule has 1 heterocycles. The van der Waals surface area contributed by atoms with Crippen LogP contribution in [0.5, 0.6) is 5.75 Å². The van der Waals surface area contributed by atoms with E-state index in [-0.39, 0.29) is 19.1 Å². The highest BCUT2D eigenvalue weighted by Gasteiger charge is 2.32. The highest BCUT2D eigenvalue weighted by atomic mass is 16.5. The molecule has 6 heteroatoms. The Labute approximate surface area is 130 Å². The van der Waals surface area contributed by atoms with Crippen molar-refractivity contribution in [1.82, 2.24) is 5.32 Å². The Morgan fingerprint density at radius 3 is 2.73 bits per heavy atom. The Bertz CT molecular complexity index is 476. The predicted octanol–water partition coefficient (Wildman–Crippen LogP) is 0.255. The van der Waals surface area contributed by atoms with Crippen molar-refractivity contribution in [2.24, 2.45) is 0 Å². The number of carbonyl (C=O) groups is 1. The Balaban J connectivity index is 1.77. The second-order valence-corrected chi connectivity index (χ2v) is 5.35. The molecule has 2 rings (SSSR count). The quantitative estimate of drug-likeness (QED) is 0.701. The molecule has 1 saturated heterocycles. The third-order valence-electron chi connectivity index (χ3n) is 3.61. The first kappa shape index (κ1) is 16.7. The summed E-state index contributed by atoms with van der Waals surface area (Å²) in [4.78, 5) is 11.9. The van der Waals surface area contributed by atoms with Crippen LogP contribution in [0.3, 0.4) is 0 Å². The van der Waals surface area contributed by atoms with Crippen molar-refractivity contribution < 1.29 is 24.5 Å². The fourth-order valence-electron chi connectivity index (χ4n) is 2.36. The zero-order valence-electron chi connectivity index (χ0n) is 12.7. The maximum atomic E-state index is 11.9.